The monoisotopic (exact) mass is 266 g/mol. The van der Waals surface area contributed by atoms with Crippen molar-refractivity contribution in [1.82, 2.24) is 0 Å². The maximum atomic E-state index is 10.9. The first-order valence-electron chi connectivity index (χ1n) is 5.56. The fraction of sp³-hybridized carbons (Fsp3) is 0.385. The quantitative estimate of drug-likeness (QED) is 0.832. The Morgan fingerprint density at radius 3 is 2.83 bits per heavy atom. The molecule has 0 saturated heterocycles. The molecule has 4 nitrogen and oxygen atoms in total. The van der Waals surface area contributed by atoms with Crippen LogP contribution >= 0.6 is 11.6 Å². The fourth-order valence-electron chi connectivity index (χ4n) is 1.67. The van der Waals surface area contributed by atoms with E-state index < -0.39 is 11.9 Å². The summed E-state index contributed by atoms with van der Waals surface area (Å²) in [5.41, 5.74) is 1.77. The van der Waals surface area contributed by atoms with Gasteiger partial charge in [-0.15, -0.1) is 0 Å². The van der Waals surface area contributed by atoms with Crippen LogP contribution in [0.25, 0.3) is 0 Å². The molecule has 0 amide bonds. The zero-order valence-corrected chi connectivity index (χ0v) is 11.1. The smallest absolute Gasteiger partial charge is 0.308 e. The van der Waals surface area contributed by atoms with Gasteiger partial charge in [-0.3, -0.25) is 4.79 Å². The lowest BCUT2D eigenvalue weighted by Crippen LogP contribution is -2.32. The van der Waals surface area contributed by atoms with E-state index in [4.69, 9.17) is 22.0 Å². The van der Waals surface area contributed by atoms with Crippen LogP contribution in [0, 0.1) is 24.2 Å². The molecule has 0 bridgehead atoms. The zero-order valence-electron chi connectivity index (χ0n) is 10.4. The Morgan fingerprint density at radius 2 is 2.28 bits per heavy atom. The third-order valence-electron chi connectivity index (χ3n) is 2.69. The average molecular weight is 267 g/mol. The molecule has 1 unspecified atom stereocenters. The highest BCUT2D eigenvalue weighted by atomic mass is 35.5. The predicted octanol–water partition coefficient (Wildman–Crippen LogP) is 2.70. The van der Waals surface area contributed by atoms with Gasteiger partial charge in [0.1, 0.15) is 6.54 Å². The van der Waals surface area contributed by atoms with E-state index in [1.54, 1.807) is 24.0 Å². The standard InChI is InChI=1S/C13H15ClN2O2/c1-9-3-4-11(14)7-12(9)16(6-5-15)8-10(2)13(17)18/h3-4,7,10H,6,8H2,1-2H3,(H,17,18). The van der Waals surface area contributed by atoms with E-state index >= 15 is 0 Å². The van der Waals surface area contributed by atoms with E-state index in [9.17, 15) is 4.79 Å². The summed E-state index contributed by atoms with van der Waals surface area (Å²) in [4.78, 5) is 12.6. The number of benzene rings is 1. The molecular weight excluding hydrogens is 252 g/mol. The van der Waals surface area contributed by atoms with Crippen LogP contribution in [-0.4, -0.2) is 24.2 Å². The van der Waals surface area contributed by atoms with Gasteiger partial charge in [0, 0.05) is 17.3 Å². The topological polar surface area (TPSA) is 64.3 Å². The molecule has 0 saturated carbocycles. The second-order valence-corrected chi connectivity index (χ2v) is 4.65. The van der Waals surface area contributed by atoms with Gasteiger partial charge in [0.05, 0.1) is 12.0 Å². The summed E-state index contributed by atoms with van der Waals surface area (Å²) >= 11 is 5.93. The second kappa shape index (κ2) is 6.27. The van der Waals surface area contributed by atoms with E-state index in [0.29, 0.717) is 5.02 Å². The molecule has 0 aromatic heterocycles. The maximum absolute atomic E-state index is 10.9. The molecule has 1 rings (SSSR count). The minimum Gasteiger partial charge on any atom is -0.481 e. The van der Waals surface area contributed by atoms with Crippen LogP contribution in [-0.2, 0) is 4.79 Å². The van der Waals surface area contributed by atoms with Crippen LogP contribution in [0.2, 0.25) is 5.02 Å². The van der Waals surface area contributed by atoms with E-state index in [0.717, 1.165) is 11.3 Å². The molecule has 0 aliphatic heterocycles. The van der Waals surface area contributed by atoms with Crippen molar-refractivity contribution in [2.45, 2.75) is 13.8 Å². The molecule has 1 aromatic rings. The maximum Gasteiger partial charge on any atom is 0.308 e. The van der Waals surface area contributed by atoms with E-state index in [-0.39, 0.29) is 13.1 Å². The van der Waals surface area contributed by atoms with Crippen molar-refractivity contribution >= 4 is 23.3 Å². The number of carboxylic acids is 1. The molecule has 1 aromatic carbocycles. The number of aliphatic carboxylic acids is 1. The van der Waals surface area contributed by atoms with Crippen LogP contribution in [0.3, 0.4) is 0 Å². The Morgan fingerprint density at radius 1 is 1.61 bits per heavy atom. The number of hydrogen-bond acceptors (Lipinski definition) is 3. The molecule has 5 heteroatoms. The summed E-state index contributed by atoms with van der Waals surface area (Å²) in [5, 5.41) is 18.3. The summed E-state index contributed by atoms with van der Waals surface area (Å²) in [7, 11) is 0. The van der Waals surface area contributed by atoms with E-state index in [1.807, 2.05) is 19.1 Å². The van der Waals surface area contributed by atoms with Gasteiger partial charge in [-0.2, -0.15) is 5.26 Å². The number of rotatable bonds is 5. The van der Waals surface area contributed by atoms with Crippen molar-refractivity contribution in [3.8, 4) is 6.07 Å². The third kappa shape index (κ3) is 3.64. The van der Waals surface area contributed by atoms with Crippen molar-refractivity contribution in [3.05, 3.63) is 28.8 Å². The lowest BCUT2D eigenvalue weighted by atomic mass is 10.1. The van der Waals surface area contributed by atoms with Crippen LogP contribution in [0.15, 0.2) is 18.2 Å². The summed E-state index contributed by atoms with van der Waals surface area (Å²) in [6.45, 7) is 3.94. The van der Waals surface area contributed by atoms with Crippen molar-refractivity contribution in [1.29, 1.82) is 5.26 Å². The SMILES string of the molecule is Cc1ccc(Cl)cc1N(CC#N)CC(C)C(=O)O. The first-order chi connectivity index (χ1) is 8.45. The average Bonchev–Trinajstić information content (AvgIpc) is 2.31. The normalized spacial score (nSPS) is 11.7. The molecule has 18 heavy (non-hydrogen) atoms. The highest BCUT2D eigenvalue weighted by molar-refractivity contribution is 6.30. The van der Waals surface area contributed by atoms with Crippen LogP contribution in [0.1, 0.15) is 12.5 Å². The molecule has 1 N–H and O–H groups in total. The number of nitrogens with zero attached hydrogens (tertiary/aromatic N) is 2. The molecule has 1 atom stereocenters. The van der Waals surface area contributed by atoms with Gasteiger partial charge in [0.2, 0.25) is 0 Å². The Bertz CT molecular complexity index is 482. The first-order valence-corrected chi connectivity index (χ1v) is 5.94. The lowest BCUT2D eigenvalue weighted by Gasteiger charge is -2.25. The predicted molar refractivity (Wildman–Crippen MR) is 70.8 cm³/mol. The third-order valence-corrected chi connectivity index (χ3v) is 2.92. The van der Waals surface area contributed by atoms with Crippen molar-refractivity contribution in [2.24, 2.45) is 5.92 Å². The molecule has 0 fully saturated rings. The minimum absolute atomic E-state index is 0.138. The number of halogens is 1. The van der Waals surface area contributed by atoms with Gasteiger partial charge >= 0.3 is 5.97 Å². The fourth-order valence-corrected chi connectivity index (χ4v) is 1.83. The van der Waals surface area contributed by atoms with Crippen LogP contribution < -0.4 is 4.90 Å². The largest absolute Gasteiger partial charge is 0.481 e. The van der Waals surface area contributed by atoms with Gasteiger partial charge in [0.25, 0.3) is 0 Å². The highest BCUT2D eigenvalue weighted by Gasteiger charge is 2.17. The van der Waals surface area contributed by atoms with Gasteiger partial charge in [0.15, 0.2) is 0 Å². The zero-order chi connectivity index (χ0) is 13.7. The molecule has 96 valence electrons. The summed E-state index contributed by atoms with van der Waals surface area (Å²) in [6.07, 6.45) is 0. The molecule has 0 spiro atoms. The number of carbonyl (C=O) groups is 1. The molecule has 0 heterocycles. The molecule has 0 aliphatic carbocycles. The second-order valence-electron chi connectivity index (χ2n) is 4.21. The van der Waals surface area contributed by atoms with Crippen LogP contribution in [0.4, 0.5) is 5.69 Å². The van der Waals surface area contributed by atoms with Crippen molar-refractivity contribution < 1.29 is 9.90 Å². The van der Waals surface area contributed by atoms with Gasteiger partial charge < -0.3 is 10.0 Å². The summed E-state index contributed by atoms with van der Waals surface area (Å²) < 4.78 is 0. The Kier molecular flexibility index (Phi) is 4.99. The first kappa shape index (κ1) is 14.3. The number of aryl methyl sites for hydroxylation is 1. The number of carboxylic acid groups (broad SMARTS) is 1. The molecule has 0 aliphatic rings. The van der Waals surface area contributed by atoms with Gasteiger partial charge in [-0.1, -0.05) is 24.6 Å². The minimum atomic E-state index is -0.877. The lowest BCUT2D eigenvalue weighted by molar-refractivity contribution is -0.140. The Balaban J connectivity index is 3.01. The van der Waals surface area contributed by atoms with Crippen molar-refractivity contribution in [2.75, 3.05) is 18.0 Å². The summed E-state index contributed by atoms with van der Waals surface area (Å²) in [5.74, 6) is -1.42. The number of anilines is 1. The highest BCUT2D eigenvalue weighted by Crippen LogP contribution is 2.24. The number of nitriles is 1. The van der Waals surface area contributed by atoms with Crippen molar-refractivity contribution in [3.63, 3.8) is 0 Å². The Labute approximate surface area is 111 Å². The van der Waals surface area contributed by atoms with E-state index in [1.165, 1.54) is 0 Å². The molecule has 0 radical (unpaired) electrons. The van der Waals surface area contributed by atoms with Gasteiger partial charge in [-0.25, -0.2) is 0 Å². The Hall–Kier alpha value is -1.73. The van der Waals surface area contributed by atoms with E-state index in [2.05, 4.69) is 0 Å². The van der Waals surface area contributed by atoms with Crippen LogP contribution in [0.5, 0.6) is 0 Å². The summed E-state index contributed by atoms with van der Waals surface area (Å²) in [6, 6.07) is 7.42. The van der Waals surface area contributed by atoms with Gasteiger partial charge in [-0.05, 0) is 24.6 Å². The number of hydrogen-bond donors (Lipinski definition) is 1. The molecular formula is C13H15ClN2O2.